The highest BCUT2D eigenvalue weighted by Crippen LogP contribution is 2.64. The van der Waals surface area contributed by atoms with E-state index in [2.05, 4.69) is 19.9 Å². The summed E-state index contributed by atoms with van der Waals surface area (Å²) in [6.07, 6.45) is 11.0. The summed E-state index contributed by atoms with van der Waals surface area (Å²) in [5.74, 6) is 1.87. The smallest absolute Gasteiger partial charge is 0.165 e. The van der Waals surface area contributed by atoms with Crippen molar-refractivity contribution < 1.29 is 9.90 Å². The third-order valence-corrected chi connectivity index (χ3v) is 9.57. The number of allylic oxidation sites excluding steroid dienone is 2. The molecular formula is C26H30Cl2O2. The quantitative estimate of drug-likeness (QED) is 0.378. The van der Waals surface area contributed by atoms with Gasteiger partial charge in [-0.1, -0.05) is 54.8 Å². The summed E-state index contributed by atoms with van der Waals surface area (Å²) in [5, 5.41) is 11.4. The highest BCUT2D eigenvalue weighted by atomic mass is 35.5. The lowest BCUT2D eigenvalue weighted by Crippen LogP contribution is -2.50. The van der Waals surface area contributed by atoms with Crippen molar-refractivity contribution in [1.29, 1.82) is 0 Å². The van der Waals surface area contributed by atoms with E-state index in [-0.39, 0.29) is 16.9 Å². The van der Waals surface area contributed by atoms with Gasteiger partial charge in [0.05, 0.1) is 6.10 Å². The molecule has 1 aromatic carbocycles. The van der Waals surface area contributed by atoms with Gasteiger partial charge in [0.2, 0.25) is 0 Å². The van der Waals surface area contributed by atoms with Crippen LogP contribution in [0.4, 0.5) is 0 Å². The van der Waals surface area contributed by atoms with Gasteiger partial charge in [-0.3, -0.25) is 4.79 Å². The minimum absolute atomic E-state index is 0.179. The fourth-order valence-electron chi connectivity index (χ4n) is 7.25. The zero-order valence-electron chi connectivity index (χ0n) is 17.8. The molecule has 30 heavy (non-hydrogen) atoms. The van der Waals surface area contributed by atoms with E-state index < -0.39 is 0 Å². The summed E-state index contributed by atoms with van der Waals surface area (Å²) in [6.45, 7) is 4.62. The summed E-state index contributed by atoms with van der Waals surface area (Å²) in [6, 6.07) is 5.48. The molecule has 4 heteroatoms. The normalized spacial score (nSPS) is 41.8. The van der Waals surface area contributed by atoms with Gasteiger partial charge in [-0.25, -0.2) is 0 Å². The molecule has 0 heterocycles. The zero-order chi connectivity index (χ0) is 21.3. The molecule has 5 rings (SSSR count). The van der Waals surface area contributed by atoms with Crippen LogP contribution in [0.1, 0.15) is 64.4 Å². The van der Waals surface area contributed by atoms with Crippen molar-refractivity contribution in [2.24, 2.45) is 28.6 Å². The molecule has 0 amide bonds. The van der Waals surface area contributed by atoms with E-state index in [1.54, 1.807) is 6.07 Å². The highest BCUT2D eigenvalue weighted by molar-refractivity contribution is 6.35. The molecule has 0 aromatic heterocycles. The van der Waals surface area contributed by atoms with Crippen LogP contribution in [0.25, 0.3) is 6.08 Å². The van der Waals surface area contributed by atoms with Crippen molar-refractivity contribution in [3.63, 3.8) is 0 Å². The second-order valence-electron chi connectivity index (χ2n) is 10.5. The summed E-state index contributed by atoms with van der Waals surface area (Å²) >= 11 is 12.4. The Hall–Kier alpha value is -1.09. The Morgan fingerprint density at radius 1 is 1.07 bits per heavy atom. The monoisotopic (exact) mass is 444 g/mol. The molecule has 1 N–H and O–H groups in total. The SMILES string of the molecule is C[C@]12CC[C@H](O)CC1=CC[C@H]1[C@H]2CC[C@]2(C)C(=O)/C(=C/c3ccc(Cl)cc3Cl)C[C@H]12. The first-order valence-corrected chi connectivity index (χ1v) is 12.1. The average molecular weight is 445 g/mol. The first-order chi connectivity index (χ1) is 14.2. The maximum atomic E-state index is 13.5. The van der Waals surface area contributed by atoms with E-state index in [1.807, 2.05) is 18.2 Å². The first-order valence-electron chi connectivity index (χ1n) is 11.3. The topological polar surface area (TPSA) is 37.3 Å². The largest absolute Gasteiger partial charge is 0.393 e. The van der Waals surface area contributed by atoms with Crippen LogP contribution < -0.4 is 0 Å². The number of halogens is 2. The number of carbonyl (C=O) groups is 1. The van der Waals surface area contributed by atoms with Gasteiger partial charge in [-0.05, 0) is 97.5 Å². The summed E-state index contributed by atoms with van der Waals surface area (Å²) in [7, 11) is 0. The molecule has 0 spiro atoms. The molecule has 3 saturated carbocycles. The Morgan fingerprint density at radius 3 is 2.60 bits per heavy atom. The lowest BCUT2D eigenvalue weighted by Gasteiger charge is -2.56. The number of Topliss-reactive ketones (excluding diaryl/α,β-unsaturated/α-hetero) is 1. The number of aliphatic hydroxyl groups is 1. The van der Waals surface area contributed by atoms with Crippen LogP contribution in [0.2, 0.25) is 10.0 Å². The van der Waals surface area contributed by atoms with E-state index in [1.165, 1.54) is 5.57 Å². The van der Waals surface area contributed by atoms with Crippen LogP contribution in [0.15, 0.2) is 35.4 Å². The number of aliphatic hydroxyl groups excluding tert-OH is 1. The van der Waals surface area contributed by atoms with E-state index in [4.69, 9.17) is 23.2 Å². The second kappa shape index (κ2) is 7.22. The standard InChI is InChI=1S/C26H30Cl2O2/c1-25-9-7-19(29)13-17(25)4-6-20-21(25)8-10-26(2)22(20)12-16(24(26)30)11-15-3-5-18(27)14-23(15)28/h3-5,11,14,19-22,29H,6-10,12-13H2,1-2H3/b16-11+/t19-,20-,21+,22+,25-,26-/m0/s1. The van der Waals surface area contributed by atoms with Crippen LogP contribution in [-0.2, 0) is 4.79 Å². The highest BCUT2D eigenvalue weighted by Gasteiger charge is 2.59. The summed E-state index contributed by atoms with van der Waals surface area (Å²) in [5.41, 5.74) is 3.20. The van der Waals surface area contributed by atoms with Crippen LogP contribution in [0.3, 0.4) is 0 Å². The van der Waals surface area contributed by atoms with Crippen molar-refractivity contribution >= 4 is 35.1 Å². The molecule has 0 radical (unpaired) electrons. The van der Waals surface area contributed by atoms with Gasteiger partial charge in [0, 0.05) is 15.5 Å². The minimum atomic E-state index is -0.262. The Balaban J connectivity index is 1.48. The van der Waals surface area contributed by atoms with Crippen LogP contribution in [0.5, 0.6) is 0 Å². The van der Waals surface area contributed by atoms with Gasteiger partial charge in [0.25, 0.3) is 0 Å². The van der Waals surface area contributed by atoms with E-state index in [0.29, 0.717) is 33.6 Å². The number of benzene rings is 1. The maximum Gasteiger partial charge on any atom is 0.165 e. The molecule has 160 valence electrons. The Morgan fingerprint density at radius 2 is 1.83 bits per heavy atom. The van der Waals surface area contributed by atoms with Gasteiger partial charge in [0.15, 0.2) is 5.78 Å². The number of carbonyl (C=O) groups excluding carboxylic acids is 1. The molecule has 2 nitrogen and oxygen atoms in total. The minimum Gasteiger partial charge on any atom is -0.393 e. The second-order valence-corrected chi connectivity index (χ2v) is 11.3. The van der Waals surface area contributed by atoms with Crippen molar-refractivity contribution in [3.05, 3.63) is 51.0 Å². The molecule has 0 bridgehead atoms. The molecule has 4 aliphatic carbocycles. The molecule has 6 atom stereocenters. The number of ketones is 1. The van der Waals surface area contributed by atoms with Crippen molar-refractivity contribution in [1.82, 2.24) is 0 Å². The van der Waals surface area contributed by atoms with E-state index >= 15 is 0 Å². The molecule has 1 aromatic rings. The third-order valence-electron chi connectivity index (χ3n) is 9.01. The Labute approximate surface area is 189 Å². The predicted molar refractivity (Wildman–Crippen MR) is 123 cm³/mol. The lowest BCUT2D eigenvalue weighted by molar-refractivity contribution is -0.130. The zero-order valence-corrected chi connectivity index (χ0v) is 19.3. The maximum absolute atomic E-state index is 13.5. The molecule has 3 fully saturated rings. The van der Waals surface area contributed by atoms with Gasteiger partial charge < -0.3 is 5.11 Å². The van der Waals surface area contributed by atoms with Crippen LogP contribution in [0, 0.1) is 28.6 Å². The third kappa shape index (κ3) is 3.05. The average Bonchev–Trinajstić information content (AvgIpc) is 2.95. The number of rotatable bonds is 1. The Kier molecular flexibility index (Phi) is 5.00. The fourth-order valence-corrected chi connectivity index (χ4v) is 7.71. The van der Waals surface area contributed by atoms with Gasteiger partial charge in [-0.15, -0.1) is 0 Å². The van der Waals surface area contributed by atoms with Gasteiger partial charge >= 0.3 is 0 Å². The number of fused-ring (bicyclic) bond motifs is 5. The number of hydrogen-bond acceptors (Lipinski definition) is 2. The van der Waals surface area contributed by atoms with Crippen LogP contribution >= 0.6 is 23.2 Å². The molecule has 0 saturated heterocycles. The van der Waals surface area contributed by atoms with Crippen molar-refractivity contribution in [3.8, 4) is 0 Å². The fraction of sp³-hybridized carbons (Fsp3) is 0.577. The molecule has 4 aliphatic rings. The molecule has 0 unspecified atom stereocenters. The van der Waals surface area contributed by atoms with Crippen LogP contribution in [-0.4, -0.2) is 17.0 Å². The number of hydrogen-bond donors (Lipinski definition) is 1. The van der Waals surface area contributed by atoms with Crippen molar-refractivity contribution in [2.45, 2.75) is 64.9 Å². The molecular weight excluding hydrogens is 415 g/mol. The summed E-state index contributed by atoms with van der Waals surface area (Å²) in [4.78, 5) is 13.5. The first kappa shape index (κ1) is 20.8. The summed E-state index contributed by atoms with van der Waals surface area (Å²) < 4.78 is 0. The van der Waals surface area contributed by atoms with Gasteiger partial charge in [-0.2, -0.15) is 0 Å². The Bertz CT molecular complexity index is 964. The molecule has 0 aliphatic heterocycles. The van der Waals surface area contributed by atoms with E-state index in [9.17, 15) is 9.90 Å². The van der Waals surface area contributed by atoms with Gasteiger partial charge in [0.1, 0.15) is 0 Å². The lowest BCUT2D eigenvalue weighted by atomic mass is 9.48. The predicted octanol–water partition coefficient (Wildman–Crippen LogP) is 6.88. The van der Waals surface area contributed by atoms with E-state index in [0.717, 1.165) is 56.1 Å². The van der Waals surface area contributed by atoms with Crippen molar-refractivity contribution in [2.75, 3.05) is 0 Å².